The Bertz CT molecular complexity index is 421. The molecule has 1 aromatic carbocycles. The second-order valence-electron chi connectivity index (χ2n) is 3.21. The second-order valence-corrected chi connectivity index (χ2v) is 4.13. The summed E-state index contributed by atoms with van der Waals surface area (Å²) in [5, 5.41) is 4.76. The van der Waals surface area contributed by atoms with Crippen molar-refractivity contribution < 1.29 is 18.0 Å². The van der Waals surface area contributed by atoms with Crippen molar-refractivity contribution in [2.24, 2.45) is 0 Å². The van der Waals surface area contributed by atoms with Gasteiger partial charge in [0.1, 0.15) is 0 Å². The van der Waals surface area contributed by atoms with Gasteiger partial charge < -0.3 is 10.6 Å². The van der Waals surface area contributed by atoms with Crippen LogP contribution >= 0.6 is 15.9 Å². The fourth-order valence-corrected chi connectivity index (χ4v) is 1.53. The van der Waals surface area contributed by atoms with Crippen LogP contribution in [-0.4, -0.2) is 19.5 Å². The standard InChI is InChI=1S/C10H10BrF3N2O/c1-15-9(17)5-16-8-4-6(11)2-3-7(8)10(12,13)14/h2-4,16H,5H2,1H3,(H,15,17). The highest BCUT2D eigenvalue weighted by atomic mass is 79.9. The average molecular weight is 311 g/mol. The van der Waals surface area contributed by atoms with Gasteiger partial charge in [-0.25, -0.2) is 0 Å². The van der Waals surface area contributed by atoms with Gasteiger partial charge in [0.2, 0.25) is 5.91 Å². The highest BCUT2D eigenvalue weighted by molar-refractivity contribution is 9.10. The minimum Gasteiger partial charge on any atom is -0.376 e. The fourth-order valence-electron chi connectivity index (χ4n) is 1.17. The maximum atomic E-state index is 12.6. The van der Waals surface area contributed by atoms with Crippen LogP contribution in [0.4, 0.5) is 18.9 Å². The van der Waals surface area contributed by atoms with E-state index in [9.17, 15) is 18.0 Å². The molecule has 3 nitrogen and oxygen atoms in total. The molecule has 0 aliphatic heterocycles. The molecule has 0 radical (unpaired) electrons. The molecular formula is C10H10BrF3N2O. The number of nitrogens with one attached hydrogen (secondary N) is 2. The number of carbonyl (C=O) groups excluding carboxylic acids is 1. The molecule has 94 valence electrons. The lowest BCUT2D eigenvalue weighted by atomic mass is 10.1. The third-order valence-corrected chi connectivity index (χ3v) is 2.50. The molecule has 0 saturated carbocycles. The number of carbonyl (C=O) groups is 1. The monoisotopic (exact) mass is 310 g/mol. The largest absolute Gasteiger partial charge is 0.418 e. The van der Waals surface area contributed by atoms with Gasteiger partial charge in [-0.3, -0.25) is 4.79 Å². The van der Waals surface area contributed by atoms with E-state index in [2.05, 4.69) is 26.6 Å². The number of halogens is 4. The molecule has 0 aliphatic rings. The van der Waals surface area contributed by atoms with E-state index >= 15 is 0 Å². The highest BCUT2D eigenvalue weighted by Crippen LogP contribution is 2.36. The Morgan fingerprint density at radius 1 is 1.41 bits per heavy atom. The molecule has 1 aromatic rings. The van der Waals surface area contributed by atoms with Crippen LogP contribution in [-0.2, 0) is 11.0 Å². The van der Waals surface area contributed by atoms with Gasteiger partial charge in [0.05, 0.1) is 12.1 Å². The van der Waals surface area contributed by atoms with Crippen molar-refractivity contribution in [1.82, 2.24) is 5.32 Å². The summed E-state index contributed by atoms with van der Waals surface area (Å²) in [6.45, 7) is -0.212. The molecule has 0 aliphatic carbocycles. The lowest BCUT2D eigenvalue weighted by Gasteiger charge is -2.14. The molecule has 0 saturated heterocycles. The number of rotatable bonds is 3. The first kappa shape index (κ1) is 13.8. The molecule has 1 rings (SSSR count). The molecule has 0 atom stereocenters. The third-order valence-electron chi connectivity index (χ3n) is 2.01. The van der Waals surface area contributed by atoms with Crippen LogP contribution in [0.2, 0.25) is 0 Å². The number of amides is 1. The first-order chi connectivity index (χ1) is 7.84. The summed E-state index contributed by atoms with van der Waals surface area (Å²) in [6.07, 6.45) is -4.45. The quantitative estimate of drug-likeness (QED) is 0.901. The Hall–Kier alpha value is -1.24. The van der Waals surface area contributed by atoms with Crippen LogP contribution in [0, 0.1) is 0 Å². The summed E-state index contributed by atoms with van der Waals surface area (Å²) < 4.78 is 38.4. The van der Waals surface area contributed by atoms with E-state index < -0.39 is 17.6 Å². The van der Waals surface area contributed by atoms with E-state index in [1.807, 2.05) is 0 Å². The Morgan fingerprint density at radius 2 is 2.06 bits per heavy atom. The van der Waals surface area contributed by atoms with Crippen molar-refractivity contribution in [2.45, 2.75) is 6.18 Å². The fraction of sp³-hybridized carbons (Fsp3) is 0.300. The van der Waals surface area contributed by atoms with Gasteiger partial charge in [-0.05, 0) is 18.2 Å². The molecule has 0 unspecified atom stereocenters. The maximum absolute atomic E-state index is 12.6. The Morgan fingerprint density at radius 3 is 2.59 bits per heavy atom. The summed E-state index contributed by atoms with van der Waals surface area (Å²) in [5.41, 5.74) is -0.930. The van der Waals surface area contributed by atoms with Crippen molar-refractivity contribution in [1.29, 1.82) is 0 Å². The summed E-state index contributed by atoms with van der Waals surface area (Å²) in [6, 6.07) is 3.54. The summed E-state index contributed by atoms with van der Waals surface area (Å²) in [5.74, 6) is -0.391. The number of anilines is 1. The lowest BCUT2D eigenvalue weighted by molar-refractivity contribution is -0.137. The minimum atomic E-state index is -4.45. The molecule has 0 aromatic heterocycles. The van der Waals surface area contributed by atoms with Crippen LogP contribution in [0.1, 0.15) is 5.56 Å². The van der Waals surface area contributed by atoms with Crippen LogP contribution in [0.25, 0.3) is 0 Å². The minimum absolute atomic E-state index is 0.129. The first-order valence-electron chi connectivity index (χ1n) is 4.66. The van der Waals surface area contributed by atoms with E-state index in [-0.39, 0.29) is 12.2 Å². The Kier molecular flexibility index (Phi) is 4.39. The van der Waals surface area contributed by atoms with E-state index in [0.717, 1.165) is 6.07 Å². The molecule has 0 heterocycles. The van der Waals surface area contributed by atoms with Gasteiger partial charge >= 0.3 is 6.18 Å². The first-order valence-corrected chi connectivity index (χ1v) is 5.45. The molecule has 2 N–H and O–H groups in total. The zero-order chi connectivity index (χ0) is 13.1. The topological polar surface area (TPSA) is 41.1 Å². The normalized spacial score (nSPS) is 11.1. The Balaban J connectivity index is 2.96. The van der Waals surface area contributed by atoms with Crippen molar-refractivity contribution in [2.75, 3.05) is 18.9 Å². The van der Waals surface area contributed by atoms with Gasteiger partial charge in [-0.2, -0.15) is 13.2 Å². The predicted octanol–water partition coefficient (Wildman–Crippen LogP) is 2.63. The van der Waals surface area contributed by atoms with Gasteiger partial charge in [0.15, 0.2) is 0 Å². The van der Waals surface area contributed by atoms with E-state index in [1.165, 1.54) is 19.2 Å². The number of hydrogen-bond acceptors (Lipinski definition) is 2. The van der Waals surface area contributed by atoms with Crippen molar-refractivity contribution >= 4 is 27.5 Å². The Labute approximate surface area is 105 Å². The number of likely N-dealkylation sites (N-methyl/N-ethyl adjacent to an activating group) is 1. The molecular weight excluding hydrogens is 301 g/mol. The van der Waals surface area contributed by atoms with Crippen LogP contribution < -0.4 is 10.6 Å². The van der Waals surface area contributed by atoms with Gasteiger partial charge in [-0.1, -0.05) is 15.9 Å². The second kappa shape index (κ2) is 5.39. The van der Waals surface area contributed by atoms with Gasteiger partial charge in [0.25, 0.3) is 0 Å². The zero-order valence-corrected chi connectivity index (χ0v) is 10.4. The zero-order valence-electron chi connectivity index (χ0n) is 8.86. The van der Waals surface area contributed by atoms with Crippen molar-refractivity contribution in [3.8, 4) is 0 Å². The average Bonchev–Trinajstić information content (AvgIpc) is 2.24. The molecule has 0 spiro atoms. The number of benzene rings is 1. The van der Waals surface area contributed by atoms with Crippen LogP contribution in [0.3, 0.4) is 0 Å². The van der Waals surface area contributed by atoms with Crippen molar-refractivity contribution in [3.63, 3.8) is 0 Å². The summed E-state index contributed by atoms with van der Waals surface area (Å²) in [4.78, 5) is 11.0. The van der Waals surface area contributed by atoms with E-state index in [0.29, 0.717) is 4.47 Å². The highest BCUT2D eigenvalue weighted by Gasteiger charge is 2.33. The molecule has 0 fully saturated rings. The smallest absolute Gasteiger partial charge is 0.376 e. The molecule has 17 heavy (non-hydrogen) atoms. The maximum Gasteiger partial charge on any atom is 0.418 e. The molecule has 7 heteroatoms. The molecule has 1 amide bonds. The SMILES string of the molecule is CNC(=O)CNc1cc(Br)ccc1C(F)(F)F. The van der Waals surface area contributed by atoms with Gasteiger partial charge in [0, 0.05) is 17.2 Å². The summed E-state index contributed by atoms with van der Waals surface area (Å²) >= 11 is 3.08. The summed E-state index contributed by atoms with van der Waals surface area (Å²) in [7, 11) is 1.41. The van der Waals surface area contributed by atoms with Crippen LogP contribution in [0.15, 0.2) is 22.7 Å². The number of alkyl halides is 3. The third kappa shape index (κ3) is 3.92. The van der Waals surface area contributed by atoms with Gasteiger partial charge in [-0.15, -0.1) is 0 Å². The number of hydrogen-bond donors (Lipinski definition) is 2. The van der Waals surface area contributed by atoms with E-state index in [1.54, 1.807) is 0 Å². The van der Waals surface area contributed by atoms with Crippen LogP contribution in [0.5, 0.6) is 0 Å². The van der Waals surface area contributed by atoms with Crippen molar-refractivity contribution in [3.05, 3.63) is 28.2 Å². The van der Waals surface area contributed by atoms with E-state index in [4.69, 9.17) is 0 Å². The molecule has 0 bridgehead atoms. The predicted molar refractivity (Wildman–Crippen MR) is 61.7 cm³/mol. The lowest BCUT2D eigenvalue weighted by Crippen LogP contribution is -2.27.